The Morgan fingerprint density at radius 2 is 1.42 bits per heavy atom. The molecule has 1 heterocycles. The summed E-state index contributed by atoms with van der Waals surface area (Å²) in [4.78, 5) is 41.4. The first-order valence-corrected chi connectivity index (χ1v) is 17.9. The quantitative estimate of drug-likeness (QED) is 0.109. The van der Waals surface area contributed by atoms with Gasteiger partial charge in [0.05, 0.1) is 18.7 Å². The number of hydrogen-bond donors (Lipinski definition) is 1. The molecule has 0 aliphatic carbocycles. The molecule has 0 saturated carbocycles. The lowest BCUT2D eigenvalue weighted by atomic mass is 9.92. The summed E-state index contributed by atoms with van der Waals surface area (Å²) >= 11 is 0. The fourth-order valence-corrected chi connectivity index (χ4v) is 6.40. The van der Waals surface area contributed by atoms with Crippen molar-refractivity contribution in [3.8, 4) is 23.0 Å². The summed E-state index contributed by atoms with van der Waals surface area (Å²) < 4.78 is 22.7. The van der Waals surface area contributed by atoms with Crippen molar-refractivity contribution < 1.29 is 33.3 Å². The van der Waals surface area contributed by atoms with Crippen molar-refractivity contribution in [1.29, 1.82) is 0 Å². The summed E-state index contributed by atoms with van der Waals surface area (Å²) in [6.07, 6.45) is 1.63. The van der Waals surface area contributed by atoms with Crippen LogP contribution in [0.1, 0.15) is 52.4 Å². The fourth-order valence-electron chi connectivity index (χ4n) is 6.40. The number of ether oxygens (including phenoxy) is 4. The third-order valence-corrected chi connectivity index (χ3v) is 9.17. The van der Waals surface area contributed by atoms with E-state index in [4.69, 9.17) is 18.9 Å². The summed E-state index contributed by atoms with van der Waals surface area (Å²) in [5.41, 5.74) is 4.19. The maximum atomic E-state index is 13.9. The summed E-state index contributed by atoms with van der Waals surface area (Å²) in [6.45, 7) is 2.96. The molecule has 9 nitrogen and oxygen atoms in total. The Hall–Kier alpha value is -6.09. The molecule has 1 saturated heterocycles. The van der Waals surface area contributed by atoms with Crippen LogP contribution in [0.2, 0.25) is 0 Å². The number of amides is 3. The van der Waals surface area contributed by atoms with Gasteiger partial charge < -0.3 is 24.3 Å². The average molecular weight is 713 g/mol. The minimum Gasteiger partial charge on any atom is -0.496 e. The van der Waals surface area contributed by atoms with Gasteiger partial charge in [-0.25, -0.2) is 9.69 Å². The lowest BCUT2D eigenvalue weighted by molar-refractivity contribution is -0.133. The molecule has 0 bridgehead atoms. The Labute approximate surface area is 310 Å². The molecule has 9 heteroatoms. The summed E-state index contributed by atoms with van der Waals surface area (Å²) in [7, 11) is 1.52. The molecule has 2 unspecified atom stereocenters. The predicted octanol–water partition coefficient (Wildman–Crippen LogP) is 8.55. The van der Waals surface area contributed by atoms with Crippen LogP contribution < -0.4 is 19.5 Å². The number of cyclic esters (lactones) is 1. The Kier molecular flexibility index (Phi) is 12.4. The van der Waals surface area contributed by atoms with Gasteiger partial charge in [-0.05, 0) is 90.0 Å². The van der Waals surface area contributed by atoms with Gasteiger partial charge in [-0.2, -0.15) is 0 Å². The molecule has 0 radical (unpaired) electrons. The maximum Gasteiger partial charge on any atom is 0.416 e. The summed E-state index contributed by atoms with van der Waals surface area (Å²) in [5.74, 6) is 1.51. The normalized spacial score (nSPS) is 14.3. The Balaban J connectivity index is 1.05. The van der Waals surface area contributed by atoms with E-state index < -0.39 is 12.0 Å². The van der Waals surface area contributed by atoms with Crippen LogP contribution in [0.15, 0.2) is 127 Å². The highest BCUT2D eigenvalue weighted by Crippen LogP contribution is 2.28. The van der Waals surface area contributed by atoms with Crippen LogP contribution in [-0.2, 0) is 35.5 Å². The van der Waals surface area contributed by atoms with Crippen molar-refractivity contribution in [2.24, 2.45) is 5.92 Å². The third kappa shape index (κ3) is 9.83. The second-order valence-electron chi connectivity index (χ2n) is 13.0. The van der Waals surface area contributed by atoms with Crippen molar-refractivity contribution in [3.63, 3.8) is 0 Å². The monoisotopic (exact) mass is 712 g/mol. The predicted molar refractivity (Wildman–Crippen MR) is 202 cm³/mol. The molecule has 5 aromatic carbocycles. The fraction of sp³-hybridized carbons (Fsp3) is 0.250. The van der Waals surface area contributed by atoms with E-state index in [1.165, 1.54) is 12.0 Å². The van der Waals surface area contributed by atoms with Gasteiger partial charge in [0.25, 0.3) is 5.91 Å². The average Bonchev–Trinajstić information content (AvgIpc) is 3.56. The Bertz CT molecular complexity index is 1970. The van der Waals surface area contributed by atoms with Crippen LogP contribution >= 0.6 is 0 Å². The number of carbonyl (C=O) groups is 3. The van der Waals surface area contributed by atoms with Gasteiger partial charge >= 0.3 is 6.09 Å². The summed E-state index contributed by atoms with van der Waals surface area (Å²) in [6, 6.07) is 39.7. The van der Waals surface area contributed by atoms with Crippen LogP contribution in [0.5, 0.6) is 23.0 Å². The highest BCUT2D eigenvalue weighted by molar-refractivity contribution is 5.97. The second kappa shape index (κ2) is 17.9. The minimum absolute atomic E-state index is 0.167. The first kappa shape index (κ1) is 36.7. The molecule has 1 aliphatic heterocycles. The zero-order valence-electron chi connectivity index (χ0n) is 30.0. The number of nitrogens with one attached hydrogen (secondary N) is 1. The van der Waals surface area contributed by atoms with E-state index in [9.17, 15) is 14.4 Å². The summed E-state index contributed by atoms with van der Waals surface area (Å²) in [5, 5.41) is 2.99. The molecule has 1 aliphatic rings. The van der Waals surface area contributed by atoms with Crippen LogP contribution in [0.4, 0.5) is 4.79 Å². The van der Waals surface area contributed by atoms with Gasteiger partial charge in [-0.3, -0.25) is 9.59 Å². The first-order valence-electron chi connectivity index (χ1n) is 17.9. The largest absolute Gasteiger partial charge is 0.496 e. The molecule has 5 aromatic rings. The SMILES string of the molecule is CCCC(Cc1ccc(OC)c(C(=O)NCc2ccc(Oc3ccc(OCc4ccccc4)cc3)cc2)c1)C(=O)N1C(=O)OCC1Cc1ccccc1. The highest BCUT2D eigenvalue weighted by Gasteiger charge is 2.40. The molecule has 0 aromatic heterocycles. The number of nitrogens with zero attached hydrogens (tertiary/aromatic N) is 1. The number of carbonyl (C=O) groups excluding carboxylic acids is 3. The van der Waals surface area contributed by atoms with E-state index in [0.29, 0.717) is 48.7 Å². The molecule has 1 fully saturated rings. The number of methoxy groups -OCH3 is 1. The zero-order chi connectivity index (χ0) is 37.0. The minimum atomic E-state index is -0.606. The van der Waals surface area contributed by atoms with Gasteiger partial charge in [-0.1, -0.05) is 92.2 Å². The highest BCUT2D eigenvalue weighted by atomic mass is 16.6. The van der Waals surface area contributed by atoms with Crippen LogP contribution in [0.25, 0.3) is 0 Å². The van der Waals surface area contributed by atoms with Crippen molar-refractivity contribution in [3.05, 3.63) is 155 Å². The molecular weight excluding hydrogens is 668 g/mol. The van der Waals surface area contributed by atoms with Crippen LogP contribution in [0, 0.1) is 5.92 Å². The van der Waals surface area contributed by atoms with Gasteiger partial charge in [0.15, 0.2) is 0 Å². The van der Waals surface area contributed by atoms with E-state index >= 15 is 0 Å². The first-order chi connectivity index (χ1) is 25.9. The van der Waals surface area contributed by atoms with Crippen molar-refractivity contribution in [1.82, 2.24) is 10.2 Å². The van der Waals surface area contributed by atoms with Gasteiger partial charge in [-0.15, -0.1) is 0 Å². The molecule has 53 heavy (non-hydrogen) atoms. The number of imide groups is 1. The molecule has 1 N–H and O–H groups in total. The van der Waals surface area contributed by atoms with E-state index in [1.54, 1.807) is 12.1 Å². The Morgan fingerprint density at radius 1 is 0.792 bits per heavy atom. The third-order valence-electron chi connectivity index (χ3n) is 9.17. The molecule has 0 spiro atoms. The number of rotatable bonds is 16. The van der Waals surface area contributed by atoms with Crippen molar-refractivity contribution >= 4 is 17.9 Å². The van der Waals surface area contributed by atoms with E-state index in [-0.39, 0.29) is 31.0 Å². The number of hydrogen-bond acceptors (Lipinski definition) is 7. The van der Waals surface area contributed by atoms with Gasteiger partial charge in [0, 0.05) is 12.5 Å². The van der Waals surface area contributed by atoms with E-state index in [1.807, 2.05) is 122 Å². The van der Waals surface area contributed by atoms with E-state index in [2.05, 4.69) is 5.32 Å². The number of benzene rings is 5. The molecule has 6 rings (SSSR count). The molecule has 3 amide bonds. The molecular formula is C44H44N2O7. The Morgan fingerprint density at radius 3 is 2.08 bits per heavy atom. The second-order valence-corrected chi connectivity index (χ2v) is 13.0. The van der Waals surface area contributed by atoms with Crippen LogP contribution in [0.3, 0.4) is 0 Å². The zero-order valence-corrected chi connectivity index (χ0v) is 30.0. The van der Waals surface area contributed by atoms with E-state index in [0.717, 1.165) is 34.4 Å². The van der Waals surface area contributed by atoms with Gasteiger partial charge in [0.2, 0.25) is 5.91 Å². The van der Waals surface area contributed by atoms with Gasteiger partial charge in [0.1, 0.15) is 36.2 Å². The lowest BCUT2D eigenvalue weighted by Gasteiger charge is -2.25. The molecule has 272 valence electrons. The lowest BCUT2D eigenvalue weighted by Crippen LogP contribution is -2.44. The smallest absolute Gasteiger partial charge is 0.416 e. The maximum absolute atomic E-state index is 13.9. The standard InChI is InChI=1S/C44H44N2O7/c1-3-10-35(43(48)46-36(30-52-44(46)49)26-31-11-6-4-7-12-31)25-34-17-24-41(50-2)40(27-34)42(47)45-28-32-15-18-38(19-16-32)53-39-22-20-37(21-23-39)51-29-33-13-8-5-9-14-33/h4-9,11-24,27,35-36H,3,10,25-26,28-30H2,1-2H3,(H,45,47). The van der Waals surface area contributed by atoms with Crippen molar-refractivity contribution in [2.75, 3.05) is 13.7 Å². The molecule has 2 atom stereocenters. The topological polar surface area (TPSA) is 103 Å². The van der Waals surface area contributed by atoms with Crippen molar-refractivity contribution in [2.45, 2.75) is 51.8 Å². The van der Waals surface area contributed by atoms with Crippen LogP contribution in [-0.4, -0.2) is 42.6 Å².